The lowest BCUT2D eigenvalue weighted by Gasteiger charge is -2.08. The molecule has 0 spiro atoms. The van der Waals surface area contributed by atoms with E-state index in [9.17, 15) is 4.79 Å². The predicted octanol–water partition coefficient (Wildman–Crippen LogP) is 1.54. The van der Waals surface area contributed by atoms with E-state index in [0.29, 0.717) is 5.95 Å². The first-order valence-corrected chi connectivity index (χ1v) is 5.49. The number of alkyl carbamates (subject to hydrolysis) is 1. The first-order valence-electron chi connectivity index (χ1n) is 5.08. The van der Waals surface area contributed by atoms with Crippen molar-refractivity contribution in [2.45, 2.75) is 20.8 Å². The lowest BCUT2D eigenvalue weighted by molar-refractivity contribution is 0.158. The van der Waals surface area contributed by atoms with Crippen molar-refractivity contribution in [3.8, 4) is 0 Å². The van der Waals surface area contributed by atoms with E-state index in [2.05, 4.69) is 25.3 Å². The third-order valence-corrected chi connectivity index (χ3v) is 1.90. The highest BCUT2D eigenvalue weighted by Gasteiger charge is 2.06. The molecule has 7 heteroatoms. The fraction of sp³-hybridized carbons (Fsp3) is 0.400. The highest BCUT2D eigenvalue weighted by atomic mass is 32.1. The zero-order valence-electron chi connectivity index (χ0n) is 9.90. The molecule has 0 atom stereocenters. The van der Waals surface area contributed by atoms with Crippen LogP contribution in [0.25, 0.3) is 0 Å². The SMILES string of the molecule is CCOC(=O)NC(=S)Nc1nc(C)cc(C)n1. The van der Waals surface area contributed by atoms with E-state index >= 15 is 0 Å². The molecule has 0 saturated carbocycles. The van der Waals surface area contributed by atoms with Crippen LogP contribution in [0.3, 0.4) is 0 Å². The van der Waals surface area contributed by atoms with Crippen LogP contribution in [0.4, 0.5) is 10.7 Å². The molecule has 17 heavy (non-hydrogen) atoms. The topological polar surface area (TPSA) is 76.1 Å². The molecule has 1 aromatic rings. The average Bonchev–Trinajstić information content (AvgIpc) is 2.14. The average molecular weight is 254 g/mol. The van der Waals surface area contributed by atoms with Crippen molar-refractivity contribution in [2.75, 3.05) is 11.9 Å². The lowest BCUT2D eigenvalue weighted by Crippen LogP contribution is -2.35. The van der Waals surface area contributed by atoms with Gasteiger partial charge in [-0.1, -0.05) is 0 Å². The molecule has 0 aliphatic heterocycles. The number of carbonyl (C=O) groups is 1. The quantitative estimate of drug-likeness (QED) is 0.780. The van der Waals surface area contributed by atoms with Gasteiger partial charge in [-0.15, -0.1) is 0 Å². The van der Waals surface area contributed by atoms with Gasteiger partial charge in [0.15, 0.2) is 5.11 Å². The van der Waals surface area contributed by atoms with E-state index in [1.165, 1.54) is 0 Å². The largest absolute Gasteiger partial charge is 0.450 e. The zero-order valence-corrected chi connectivity index (χ0v) is 10.7. The van der Waals surface area contributed by atoms with Gasteiger partial charge >= 0.3 is 6.09 Å². The van der Waals surface area contributed by atoms with Crippen LogP contribution in [0.5, 0.6) is 0 Å². The van der Waals surface area contributed by atoms with E-state index in [-0.39, 0.29) is 11.7 Å². The molecule has 0 aliphatic rings. The molecular weight excluding hydrogens is 240 g/mol. The van der Waals surface area contributed by atoms with Crippen LogP contribution in [0.1, 0.15) is 18.3 Å². The summed E-state index contributed by atoms with van der Waals surface area (Å²) < 4.78 is 4.68. The fourth-order valence-corrected chi connectivity index (χ4v) is 1.35. The fourth-order valence-electron chi connectivity index (χ4n) is 1.17. The molecule has 2 N–H and O–H groups in total. The molecule has 0 bridgehead atoms. The Morgan fingerprint density at radius 3 is 2.53 bits per heavy atom. The first kappa shape index (κ1) is 13.3. The van der Waals surface area contributed by atoms with Crippen LogP contribution in [0.15, 0.2) is 6.07 Å². The second-order valence-corrected chi connectivity index (χ2v) is 3.68. The van der Waals surface area contributed by atoms with Crippen molar-refractivity contribution in [1.29, 1.82) is 0 Å². The van der Waals surface area contributed by atoms with Crippen molar-refractivity contribution in [2.24, 2.45) is 0 Å². The van der Waals surface area contributed by atoms with Gasteiger partial charge in [0.2, 0.25) is 5.95 Å². The van der Waals surface area contributed by atoms with E-state index in [4.69, 9.17) is 12.2 Å². The van der Waals surface area contributed by atoms with Gasteiger partial charge in [0.1, 0.15) is 0 Å². The second kappa shape index (κ2) is 6.09. The molecule has 0 aliphatic carbocycles. The minimum Gasteiger partial charge on any atom is -0.450 e. The molecule has 0 fully saturated rings. The first-order chi connectivity index (χ1) is 8.01. The van der Waals surface area contributed by atoms with Crippen LogP contribution >= 0.6 is 12.2 Å². The van der Waals surface area contributed by atoms with Gasteiger partial charge in [-0.3, -0.25) is 5.32 Å². The summed E-state index contributed by atoms with van der Waals surface area (Å²) in [4.78, 5) is 19.3. The number of carbonyl (C=O) groups excluding carboxylic acids is 1. The Morgan fingerprint density at radius 1 is 1.41 bits per heavy atom. The molecule has 0 saturated heterocycles. The number of rotatable bonds is 2. The van der Waals surface area contributed by atoms with Gasteiger partial charge in [0.25, 0.3) is 0 Å². The van der Waals surface area contributed by atoms with E-state index in [1.54, 1.807) is 6.92 Å². The molecule has 1 heterocycles. The zero-order chi connectivity index (χ0) is 12.8. The second-order valence-electron chi connectivity index (χ2n) is 3.27. The Labute approximate surface area is 105 Å². The Bertz CT molecular complexity index is 416. The van der Waals surface area contributed by atoms with Crippen LogP contribution in [0, 0.1) is 13.8 Å². The van der Waals surface area contributed by atoms with Crippen molar-refractivity contribution in [3.63, 3.8) is 0 Å². The van der Waals surface area contributed by atoms with Crippen molar-refractivity contribution >= 4 is 29.4 Å². The summed E-state index contributed by atoms with van der Waals surface area (Å²) in [5, 5.41) is 5.16. The molecule has 1 aromatic heterocycles. The number of nitrogens with one attached hydrogen (secondary N) is 2. The molecule has 1 amide bonds. The Hall–Kier alpha value is -1.76. The number of anilines is 1. The molecular formula is C10H14N4O2S. The van der Waals surface area contributed by atoms with E-state index < -0.39 is 6.09 Å². The molecule has 0 radical (unpaired) electrons. The maximum atomic E-state index is 11.1. The number of amides is 1. The standard InChI is InChI=1S/C10H14N4O2S/c1-4-16-10(15)14-9(17)13-8-11-6(2)5-7(3)12-8/h5H,4H2,1-3H3,(H2,11,12,13,14,15,17). The molecule has 1 rings (SSSR count). The predicted molar refractivity (Wildman–Crippen MR) is 67.9 cm³/mol. The van der Waals surface area contributed by atoms with E-state index in [0.717, 1.165) is 11.4 Å². The highest BCUT2D eigenvalue weighted by Crippen LogP contribution is 2.03. The number of hydrogen-bond acceptors (Lipinski definition) is 5. The van der Waals surface area contributed by atoms with Crippen molar-refractivity contribution < 1.29 is 9.53 Å². The summed E-state index contributed by atoms with van der Waals surface area (Å²) in [6, 6.07) is 1.84. The molecule has 0 aromatic carbocycles. The van der Waals surface area contributed by atoms with Gasteiger partial charge in [0.05, 0.1) is 6.61 Å². The van der Waals surface area contributed by atoms with Gasteiger partial charge in [-0.2, -0.15) is 0 Å². The Morgan fingerprint density at radius 2 is 2.00 bits per heavy atom. The van der Waals surface area contributed by atoms with Crippen LogP contribution < -0.4 is 10.6 Å². The Balaban J connectivity index is 2.59. The van der Waals surface area contributed by atoms with Crippen LogP contribution in [-0.2, 0) is 4.74 Å². The summed E-state index contributed by atoms with van der Waals surface area (Å²) in [6.07, 6.45) is -0.602. The maximum Gasteiger partial charge on any atom is 0.413 e. The molecule has 6 nitrogen and oxygen atoms in total. The minimum absolute atomic E-state index is 0.105. The smallest absolute Gasteiger partial charge is 0.413 e. The third kappa shape index (κ3) is 4.73. The normalized spacial score (nSPS) is 9.59. The number of thiocarbonyl (C=S) groups is 1. The highest BCUT2D eigenvalue weighted by molar-refractivity contribution is 7.80. The minimum atomic E-state index is -0.602. The maximum absolute atomic E-state index is 11.1. The van der Waals surface area contributed by atoms with Gasteiger partial charge in [0, 0.05) is 11.4 Å². The van der Waals surface area contributed by atoms with Crippen molar-refractivity contribution in [1.82, 2.24) is 15.3 Å². The Kier molecular flexibility index (Phi) is 4.77. The number of hydrogen-bond donors (Lipinski definition) is 2. The van der Waals surface area contributed by atoms with Crippen molar-refractivity contribution in [3.05, 3.63) is 17.5 Å². The van der Waals surface area contributed by atoms with Crippen LogP contribution in [0.2, 0.25) is 0 Å². The summed E-state index contributed by atoms with van der Waals surface area (Å²) in [7, 11) is 0. The third-order valence-electron chi connectivity index (χ3n) is 1.70. The number of nitrogens with zero attached hydrogens (tertiary/aromatic N) is 2. The summed E-state index contributed by atoms with van der Waals surface area (Å²) >= 11 is 4.91. The van der Waals surface area contributed by atoms with Gasteiger partial charge < -0.3 is 10.1 Å². The monoisotopic (exact) mass is 254 g/mol. The number of ether oxygens (including phenoxy) is 1. The van der Waals surface area contributed by atoms with E-state index in [1.807, 2.05) is 19.9 Å². The molecule has 0 unspecified atom stereocenters. The summed E-state index contributed by atoms with van der Waals surface area (Å²) in [5.41, 5.74) is 1.64. The van der Waals surface area contributed by atoms with Gasteiger partial charge in [-0.25, -0.2) is 14.8 Å². The lowest BCUT2D eigenvalue weighted by atomic mass is 10.4. The van der Waals surface area contributed by atoms with Crippen LogP contribution in [-0.4, -0.2) is 27.8 Å². The van der Waals surface area contributed by atoms with Gasteiger partial charge in [-0.05, 0) is 39.1 Å². The number of aromatic nitrogens is 2. The summed E-state index contributed by atoms with van der Waals surface area (Å²) in [6.45, 7) is 5.70. The summed E-state index contributed by atoms with van der Waals surface area (Å²) in [5.74, 6) is 0.351. The number of aryl methyl sites for hydroxylation is 2. The molecule has 92 valence electrons.